The first-order valence-corrected chi connectivity index (χ1v) is 6.99. The number of carbonyl (C=O) groups is 1. The van der Waals surface area contributed by atoms with Crippen molar-refractivity contribution in [1.29, 1.82) is 0 Å². The van der Waals surface area contributed by atoms with Crippen LogP contribution in [0.3, 0.4) is 0 Å². The molecule has 1 aromatic rings. The standard InChI is InChI=1S/C11H15ClN2O3S/c1-13(2)11(15)8-14(3)18(16,17)10-6-4-5-9(12)7-10/h4-7H,8H2,1-3H3. The Hall–Kier alpha value is -1.11. The van der Waals surface area contributed by atoms with E-state index in [2.05, 4.69) is 0 Å². The minimum Gasteiger partial charge on any atom is -0.348 e. The van der Waals surface area contributed by atoms with Gasteiger partial charge in [0.25, 0.3) is 0 Å². The van der Waals surface area contributed by atoms with E-state index in [0.29, 0.717) is 5.02 Å². The molecule has 0 atom stereocenters. The van der Waals surface area contributed by atoms with Crippen LogP contribution >= 0.6 is 11.6 Å². The van der Waals surface area contributed by atoms with Crippen LogP contribution < -0.4 is 0 Å². The lowest BCUT2D eigenvalue weighted by molar-refractivity contribution is -0.128. The van der Waals surface area contributed by atoms with E-state index < -0.39 is 10.0 Å². The van der Waals surface area contributed by atoms with Crippen molar-refractivity contribution in [2.75, 3.05) is 27.7 Å². The Morgan fingerprint density at radius 3 is 2.39 bits per heavy atom. The summed E-state index contributed by atoms with van der Waals surface area (Å²) in [5.74, 6) is -0.289. The normalized spacial score (nSPS) is 11.6. The predicted octanol–water partition coefficient (Wildman–Crippen LogP) is 1.05. The topological polar surface area (TPSA) is 57.7 Å². The van der Waals surface area contributed by atoms with Gasteiger partial charge in [0, 0.05) is 26.2 Å². The highest BCUT2D eigenvalue weighted by Gasteiger charge is 2.23. The maximum Gasteiger partial charge on any atom is 0.243 e. The number of carbonyl (C=O) groups excluding carboxylic acids is 1. The summed E-state index contributed by atoms with van der Waals surface area (Å²) in [6, 6.07) is 5.94. The van der Waals surface area contributed by atoms with Crippen molar-refractivity contribution < 1.29 is 13.2 Å². The molecule has 0 aromatic heterocycles. The van der Waals surface area contributed by atoms with Gasteiger partial charge in [-0.2, -0.15) is 4.31 Å². The number of sulfonamides is 1. The molecule has 0 aliphatic carbocycles. The summed E-state index contributed by atoms with van der Waals surface area (Å²) in [6.45, 7) is -0.207. The van der Waals surface area contributed by atoms with Crippen molar-refractivity contribution in [3.05, 3.63) is 29.3 Å². The number of rotatable bonds is 4. The molecule has 0 N–H and O–H groups in total. The Kier molecular flexibility index (Phi) is 4.72. The smallest absolute Gasteiger partial charge is 0.243 e. The van der Waals surface area contributed by atoms with E-state index in [-0.39, 0.29) is 17.3 Å². The molecular weight excluding hydrogens is 276 g/mol. The summed E-state index contributed by atoms with van der Waals surface area (Å²) in [6.07, 6.45) is 0. The van der Waals surface area contributed by atoms with Gasteiger partial charge in [-0.05, 0) is 18.2 Å². The van der Waals surface area contributed by atoms with E-state index in [1.807, 2.05) is 0 Å². The lowest BCUT2D eigenvalue weighted by Crippen LogP contribution is -2.37. The second kappa shape index (κ2) is 5.69. The highest BCUT2D eigenvalue weighted by molar-refractivity contribution is 7.89. The third-order valence-electron chi connectivity index (χ3n) is 2.36. The first kappa shape index (κ1) is 14.9. The van der Waals surface area contributed by atoms with Crippen molar-refractivity contribution in [3.63, 3.8) is 0 Å². The van der Waals surface area contributed by atoms with Gasteiger partial charge in [-0.15, -0.1) is 0 Å². The number of halogens is 1. The van der Waals surface area contributed by atoms with Gasteiger partial charge < -0.3 is 4.90 Å². The molecule has 0 unspecified atom stereocenters. The van der Waals surface area contributed by atoms with Crippen molar-refractivity contribution in [2.24, 2.45) is 0 Å². The zero-order valence-corrected chi connectivity index (χ0v) is 12.0. The summed E-state index contributed by atoms with van der Waals surface area (Å²) in [5.41, 5.74) is 0. The third-order valence-corrected chi connectivity index (χ3v) is 4.40. The average Bonchev–Trinajstić information content (AvgIpc) is 2.28. The van der Waals surface area contributed by atoms with Crippen LogP contribution in [0.1, 0.15) is 0 Å². The number of nitrogens with zero attached hydrogens (tertiary/aromatic N) is 2. The van der Waals surface area contributed by atoms with Gasteiger partial charge in [-0.3, -0.25) is 4.79 Å². The van der Waals surface area contributed by atoms with Crippen molar-refractivity contribution in [1.82, 2.24) is 9.21 Å². The summed E-state index contributed by atoms with van der Waals surface area (Å²) in [5, 5.41) is 0.336. The van der Waals surface area contributed by atoms with E-state index >= 15 is 0 Å². The van der Waals surface area contributed by atoms with Crippen LogP contribution in [0.25, 0.3) is 0 Å². The zero-order valence-electron chi connectivity index (χ0n) is 10.4. The van der Waals surface area contributed by atoms with Crippen LogP contribution in [0, 0.1) is 0 Å². The molecule has 0 saturated heterocycles. The second-order valence-electron chi connectivity index (χ2n) is 4.01. The summed E-state index contributed by atoms with van der Waals surface area (Å²) in [4.78, 5) is 12.9. The Bertz CT molecular complexity index is 543. The van der Waals surface area contributed by atoms with Gasteiger partial charge in [0.05, 0.1) is 11.4 Å². The quantitative estimate of drug-likeness (QED) is 0.833. The highest BCUT2D eigenvalue weighted by Crippen LogP contribution is 2.18. The fourth-order valence-electron chi connectivity index (χ4n) is 1.22. The Morgan fingerprint density at radius 2 is 1.89 bits per heavy atom. The van der Waals surface area contributed by atoms with Gasteiger partial charge in [-0.25, -0.2) is 8.42 Å². The molecule has 18 heavy (non-hydrogen) atoms. The average molecular weight is 291 g/mol. The molecule has 0 saturated carbocycles. The van der Waals surface area contributed by atoms with Crippen LogP contribution in [-0.4, -0.2) is 51.2 Å². The highest BCUT2D eigenvalue weighted by atomic mass is 35.5. The monoisotopic (exact) mass is 290 g/mol. The van der Waals surface area contributed by atoms with E-state index in [1.54, 1.807) is 26.2 Å². The first-order chi connectivity index (χ1) is 8.25. The van der Waals surface area contributed by atoms with Crippen LogP contribution in [0.15, 0.2) is 29.2 Å². The first-order valence-electron chi connectivity index (χ1n) is 5.17. The van der Waals surface area contributed by atoms with Gasteiger partial charge in [-0.1, -0.05) is 17.7 Å². The number of benzene rings is 1. The van der Waals surface area contributed by atoms with Crippen LogP contribution in [-0.2, 0) is 14.8 Å². The summed E-state index contributed by atoms with van der Waals surface area (Å²) < 4.78 is 25.3. The zero-order chi connectivity index (χ0) is 13.9. The Labute approximate surface area is 112 Å². The molecule has 0 spiro atoms. The third kappa shape index (κ3) is 3.44. The molecule has 0 radical (unpaired) electrons. The molecule has 1 aromatic carbocycles. The maximum absolute atomic E-state index is 12.1. The van der Waals surface area contributed by atoms with E-state index in [9.17, 15) is 13.2 Å². The molecule has 5 nitrogen and oxygen atoms in total. The number of hydrogen-bond donors (Lipinski definition) is 0. The van der Waals surface area contributed by atoms with Crippen LogP contribution in [0.5, 0.6) is 0 Å². The number of hydrogen-bond acceptors (Lipinski definition) is 3. The molecule has 0 bridgehead atoms. The minimum atomic E-state index is -3.69. The molecule has 0 fully saturated rings. The summed E-state index contributed by atoms with van der Waals surface area (Å²) >= 11 is 5.75. The van der Waals surface area contributed by atoms with Crippen LogP contribution in [0.4, 0.5) is 0 Å². The fraction of sp³-hybridized carbons (Fsp3) is 0.364. The largest absolute Gasteiger partial charge is 0.348 e. The van der Waals surface area contributed by atoms with E-state index in [1.165, 1.54) is 24.1 Å². The SMILES string of the molecule is CN(C)C(=O)CN(C)S(=O)(=O)c1cccc(Cl)c1. The molecule has 0 heterocycles. The molecule has 1 rings (SSSR count). The number of likely N-dealkylation sites (N-methyl/N-ethyl adjacent to an activating group) is 2. The minimum absolute atomic E-state index is 0.0732. The van der Waals surface area contributed by atoms with E-state index in [0.717, 1.165) is 4.31 Å². The molecule has 0 aliphatic rings. The van der Waals surface area contributed by atoms with Crippen molar-refractivity contribution in [3.8, 4) is 0 Å². The van der Waals surface area contributed by atoms with Crippen molar-refractivity contribution >= 4 is 27.5 Å². The number of amides is 1. The molecule has 100 valence electrons. The lowest BCUT2D eigenvalue weighted by atomic mass is 10.4. The molecule has 1 amide bonds. The predicted molar refractivity (Wildman–Crippen MR) is 70.0 cm³/mol. The molecule has 0 aliphatic heterocycles. The van der Waals surface area contributed by atoms with Crippen molar-refractivity contribution in [2.45, 2.75) is 4.90 Å². The Morgan fingerprint density at radius 1 is 1.28 bits per heavy atom. The maximum atomic E-state index is 12.1. The van der Waals surface area contributed by atoms with Gasteiger partial charge >= 0.3 is 0 Å². The molecule has 7 heteroatoms. The lowest BCUT2D eigenvalue weighted by Gasteiger charge is -2.19. The van der Waals surface area contributed by atoms with Gasteiger partial charge in [0.15, 0.2) is 0 Å². The fourth-order valence-corrected chi connectivity index (χ4v) is 2.65. The Balaban J connectivity index is 2.97. The van der Waals surface area contributed by atoms with Gasteiger partial charge in [0.1, 0.15) is 0 Å². The van der Waals surface area contributed by atoms with Crippen LogP contribution in [0.2, 0.25) is 5.02 Å². The van der Waals surface area contributed by atoms with E-state index in [4.69, 9.17) is 11.6 Å². The molecular formula is C11H15ClN2O3S. The second-order valence-corrected chi connectivity index (χ2v) is 6.49. The summed E-state index contributed by atoms with van der Waals surface area (Å²) in [7, 11) is 0.813. The van der Waals surface area contributed by atoms with Gasteiger partial charge in [0.2, 0.25) is 15.9 Å².